The fourth-order valence-electron chi connectivity index (χ4n) is 2.75. The monoisotopic (exact) mass is 312 g/mol. The highest BCUT2D eigenvalue weighted by molar-refractivity contribution is 5.95. The second-order valence-corrected chi connectivity index (χ2v) is 7.04. The van der Waals surface area contributed by atoms with Crippen LogP contribution in [0.15, 0.2) is 36.4 Å². The first-order valence-corrected chi connectivity index (χ1v) is 8.16. The molecule has 2 aromatic rings. The Labute approximate surface area is 137 Å². The molecule has 1 saturated heterocycles. The molecule has 4 nitrogen and oxygen atoms in total. The molecule has 0 saturated carbocycles. The molecule has 3 rings (SSSR count). The van der Waals surface area contributed by atoms with E-state index in [1.165, 1.54) is 11.1 Å². The number of nitrogens with zero attached hydrogens (tertiary/aromatic N) is 1. The number of ether oxygens (including phenoxy) is 1. The van der Waals surface area contributed by atoms with Gasteiger partial charge in [-0.1, -0.05) is 12.1 Å². The summed E-state index contributed by atoms with van der Waals surface area (Å²) in [6.07, 6.45) is 0. The second-order valence-electron chi connectivity index (χ2n) is 7.04. The van der Waals surface area contributed by atoms with Crippen molar-refractivity contribution in [2.45, 2.75) is 20.8 Å². The van der Waals surface area contributed by atoms with Gasteiger partial charge in [-0.25, -0.2) is 0 Å². The number of carbonyl (C=O) groups excluding carboxylic acids is 1. The van der Waals surface area contributed by atoms with Gasteiger partial charge in [0.2, 0.25) is 0 Å². The molecular weight excluding hydrogens is 288 g/mol. The molecule has 1 aliphatic heterocycles. The summed E-state index contributed by atoms with van der Waals surface area (Å²) in [7, 11) is 0. The zero-order valence-electron chi connectivity index (χ0n) is 14.1. The third-order valence-corrected chi connectivity index (χ3v) is 4.11. The van der Waals surface area contributed by atoms with Gasteiger partial charge in [0.15, 0.2) is 0 Å². The van der Waals surface area contributed by atoms with Gasteiger partial charge in [-0.3, -0.25) is 4.79 Å². The number of carbonyl (C=O) groups is 1. The number of rotatable bonds is 2. The Morgan fingerprint density at radius 3 is 2.57 bits per heavy atom. The van der Waals surface area contributed by atoms with Gasteiger partial charge in [0.25, 0.3) is 0 Å². The van der Waals surface area contributed by atoms with Crippen molar-refractivity contribution < 1.29 is 9.53 Å². The van der Waals surface area contributed by atoms with E-state index in [4.69, 9.17) is 4.74 Å². The van der Waals surface area contributed by atoms with E-state index in [1.54, 1.807) is 0 Å². The lowest BCUT2D eigenvalue weighted by molar-refractivity contribution is -0.142. The van der Waals surface area contributed by atoms with Crippen LogP contribution < -0.4 is 15.0 Å². The maximum absolute atomic E-state index is 12.0. The lowest BCUT2D eigenvalue weighted by Crippen LogP contribution is -2.43. The topological polar surface area (TPSA) is 41.6 Å². The highest BCUT2D eigenvalue weighted by Crippen LogP contribution is 2.30. The molecule has 0 spiro atoms. The molecule has 1 N–H and O–H groups in total. The molecule has 4 heteroatoms. The normalized spacial score (nSPS) is 15.7. The number of esters is 1. The summed E-state index contributed by atoms with van der Waals surface area (Å²) in [5, 5.41) is 5.67. The Kier molecular flexibility index (Phi) is 4.26. The summed E-state index contributed by atoms with van der Waals surface area (Å²) in [4.78, 5) is 14.4. The number of hydrogen-bond donors (Lipinski definition) is 1. The van der Waals surface area contributed by atoms with Crippen molar-refractivity contribution in [2.75, 3.05) is 31.1 Å². The number of benzene rings is 2. The molecule has 1 aliphatic rings. The molecular formula is C19H24N2O2. The minimum absolute atomic E-state index is 0.213. The first-order valence-electron chi connectivity index (χ1n) is 8.16. The van der Waals surface area contributed by atoms with Crippen LogP contribution in [0.3, 0.4) is 0 Å². The minimum atomic E-state index is -0.502. The SMILES string of the molecule is CC(C)(C)C(=O)Oc1ccc2c(N3CCNCC3)cccc2c1. The Balaban J connectivity index is 1.90. The largest absolute Gasteiger partial charge is 0.426 e. The third-order valence-electron chi connectivity index (χ3n) is 4.11. The molecule has 2 aromatic carbocycles. The molecule has 0 bridgehead atoms. The van der Waals surface area contributed by atoms with Crippen molar-refractivity contribution in [2.24, 2.45) is 5.41 Å². The number of nitrogens with one attached hydrogen (secondary N) is 1. The van der Waals surface area contributed by atoms with Crippen molar-refractivity contribution >= 4 is 22.4 Å². The molecule has 122 valence electrons. The van der Waals surface area contributed by atoms with E-state index in [0.717, 1.165) is 31.6 Å². The fraction of sp³-hybridized carbons (Fsp3) is 0.421. The number of fused-ring (bicyclic) bond motifs is 1. The molecule has 0 radical (unpaired) electrons. The first-order chi connectivity index (χ1) is 10.9. The van der Waals surface area contributed by atoms with Gasteiger partial charge in [0, 0.05) is 37.3 Å². The maximum atomic E-state index is 12.0. The molecule has 23 heavy (non-hydrogen) atoms. The smallest absolute Gasteiger partial charge is 0.316 e. The van der Waals surface area contributed by atoms with E-state index < -0.39 is 5.41 Å². The van der Waals surface area contributed by atoms with Crippen LogP contribution in [0, 0.1) is 5.41 Å². The number of anilines is 1. The summed E-state index contributed by atoms with van der Waals surface area (Å²) >= 11 is 0. The summed E-state index contributed by atoms with van der Waals surface area (Å²) in [6, 6.07) is 12.2. The van der Waals surface area contributed by atoms with E-state index in [1.807, 2.05) is 32.9 Å². The highest BCUT2D eigenvalue weighted by Gasteiger charge is 2.24. The van der Waals surface area contributed by atoms with Gasteiger partial charge in [0.1, 0.15) is 5.75 Å². The van der Waals surface area contributed by atoms with Gasteiger partial charge < -0.3 is 15.0 Å². The second kappa shape index (κ2) is 6.20. The minimum Gasteiger partial charge on any atom is -0.426 e. The van der Waals surface area contributed by atoms with Gasteiger partial charge >= 0.3 is 5.97 Å². The summed E-state index contributed by atoms with van der Waals surface area (Å²) < 4.78 is 5.51. The zero-order chi connectivity index (χ0) is 16.4. The molecule has 0 atom stereocenters. The summed E-state index contributed by atoms with van der Waals surface area (Å²) in [5.74, 6) is 0.394. The van der Waals surface area contributed by atoms with Crippen LogP contribution in [0.4, 0.5) is 5.69 Å². The quantitative estimate of drug-likeness (QED) is 0.683. The molecule has 0 unspecified atom stereocenters. The van der Waals surface area contributed by atoms with Crippen molar-refractivity contribution in [3.8, 4) is 5.75 Å². The van der Waals surface area contributed by atoms with Gasteiger partial charge in [-0.15, -0.1) is 0 Å². The zero-order valence-corrected chi connectivity index (χ0v) is 14.1. The lowest BCUT2D eigenvalue weighted by Gasteiger charge is -2.30. The van der Waals surface area contributed by atoms with Crippen LogP contribution in [0.5, 0.6) is 5.75 Å². The van der Waals surface area contributed by atoms with E-state index in [2.05, 4.69) is 34.5 Å². The van der Waals surface area contributed by atoms with E-state index >= 15 is 0 Å². The van der Waals surface area contributed by atoms with Gasteiger partial charge in [-0.2, -0.15) is 0 Å². The van der Waals surface area contributed by atoms with Crippen LogP contribution in [-0.2, 0) is 4.79 Å². The highest BCUT2D eigenvalue weighted by atomic mass is 16.5. The Morgan fingerprint density at radius 2 is 1.87 bits per heavy atom. The van der Waals surface area contributed by atoms with Gasteiger partial charge in [-0.05, 0) is 50.4 Å². The van der Waals surface area contributed by atoms with Crippen LogP contribution in [-0.4, -0.2) is 32.1 Å². The molecule has 0 aliphatic carbocycles. The predicted octanol–water partition coefficient (Wildman–Crippen LogP) is 3.20. The standard InChI is InChI=1S/C19H24N2O2/c1-19(2,3)18(22)23-15-7-8-16-14(13-15)5-4-6-17(16)21-11-9-20-10-12-21/h4-8,13,20H,9-12H2,1-3H3. The average Bonchev–Trinajstić information content (AvgIpc) is 2.54. The van der Waals surface area contributed by atoms with Crippen LogP contribution >= 0.6 is 0 Å². The van der Waals surface area contributed by atoms with Crippen LogP contribution in [0.2, 0.25) is 0 Å². The molecule has 0 aromatic heterocycles. The summed E-state index contributed by atoms with van der Waals surface area (Å²) in [6.45, 7) is 9.63. The molecule has 1 heterocycles. The van der Waals surface area contributed by atoms with Crippen molar-refractivity contribution in [3.05, 3.63) is 36.4 Å². The maximum Gasteiger partial charge on any atom is 0.316 e. The molecule has 1 fully saturated rings. The van der Waals surface area contributed by atoms with E-state index in [-0.39, 0.29) is 5.97 Å². The van der Waals surface area contributed by atoms with Crippen LogP contribution in [0.1, 0.15) is 20.8 Å². The van der Waals surface area contributed by atoms with Crippen molar-refractivity contribution in [1.82, 2.24) is 5.32 Å². The average molecular weight is 312 g/mol. The third kappa shape index (κ3) is 3.48. The fourth-order valence-corrected chi connectivity index (χ4v) is 2.75. The van der Waals surface area contributed by atoms with Crippen molar-refractivity contribution in [3.63, 3.8) is 0 Å². The lowest BCUT2D eigenvalue weighted by atomic mass is 9.97. The molecule has 0 amide bonds. The first kappa shape index (κ1) is 15.8. The van der Waals surface area contributed by atoms with E-state index in [0.29, 0.717) is 5.75 Å². The van der Waals surface area contributed by atoms with E-state index in [9.17, 15) is 4.79 Å². The Morgan fingerprint density at radius 1 is 1.13 bits per heavy atom. The predicted molar refractivity (Wildman–Crippen MR) is 94.1 cm³/mol. The van der Waals surface area contributed by atoms with Crippen molar-refractivity contribution in [1.29, 1.82) is 0 Å². The Hall–Kier alpha value is -2.07. The van der Waals surface area contributed by atoms with Crippen LogP contribution in [0.25, 0.3) is 10.8 Å². The number of piperazine rings is 1. The number of hydrogen-bond acceptors (Lipinski definition) is 4. The Bertz CT molecular complexity index is 713. The van der Waals surface area contributed by atoms with Gasteiger partial charge in [0.05, 0.1) is 5.41 Å². The summed E-state index contributed by atoms with van der Waals surface area (Å²) in [5.41, 5.74) is 0.745.